The summed E-state index contributed by atoms with van der Waals surface area (Å²) < 4.78 is 0. The number of rotatable bonds is 0. The molecule has 0 aromatic carbocycles. The molecule has 2 aliphatic rings. The van der Waals surface area contributed by atoms with Crippen molar-refractivity contribution in [3.63, 3.8) is 0 Å². The van der Waals surface area contributed by atoms with E-state index < -0.39 is 0 Å². The molecule has 0 amide bonds. The number of nitrogens with zero attached hydrogens (tertiary/aromatic N) is 2. The third-order valence-electron chi connectivity index (χ3n) is 3.63. The van der Waals surface area contributed by atoms with Gasteiger partial charge in [0.15, 0.2) is 16.0 Å². The molecule has 2 unspecified atom stereocenters. The van der Waals surface area contributed by atoms with Crippen LogP contribution in [0.5, 0.6) is 0 Å². The molecule has 2 rings (SSSR count). The Morgan fingerprint density at radius 2 is 1.25 bits per heavy atom. The van der Waals surface area contributed by atoms with Crippen molar-refractivity contribution in [2.24, 2.45) is 0 Å². The lowest BCUT2D eigenvalue weighted by molar-refractivity contribution is 0.0995. The van der Waals surface area contributed by atoms with E-state index in [2.05, 4.69) is 25.6 Å². The van der Waals surface area contributed by atoms with Crippen molar-refractivity contribution >= 4 is 16.0 Å². The van der Waals surface area contributed by atoms with E-state index in [0.29, 0.717) is 0 Å². The first-order valence-corrected chi connectivity index (χ1v) is 5.19. The molecule has 66 valence electrons. The summed E-state index contributed by atoms with van der Waals surface area (Å²) >= 11 is 0. The zero-order valence-corrected chi connectivity index (χ0v) is 8.29. The Kier molecular flexibility index (Phi) is 2.47. The zero-order valence-electron chi connectivity index (χ0n) is 8.29. The molecule has 1 aliphatic carbocycles. The third kappa shape index (κ3) is 1.42. The topological polar surface area (TPSA) is 6.48 Å². The fourth-order valence-corrected chi connectivity index (χ4v) is 2.77. The van der Waals surface area contributed by atoms with Gasteiger partial charge in [-0.25, -0.2) is 0 Å². The predicted octanol–water partition coefficient (Wildman–Crippen LogP) is -0.989. The van der Waals surface area contributed by atoms with Crippen molar-refractivity contribution in [2.75, 3.05) is 13.1 Å². The molecular formula is C8H18B2N2. The number of fused-ring (bicyclic) bond motifs is 1. The van der Waals surface area contributed by atoms with Gasteiger partial charge >= 0.3 is 0 Å². The van der Waals surface area contributed by atoms with E-state index in [9.17, 15) is 0 Å². The molecule has 0 spiro atoms. The Morgan fingerprint density at radius 3 is 1.67 bits per heavy atom. The van der Waals surface area contributed by atoms with Crippen molar-refractivity contribution < 1.29 is 0 Å². The first kappa shape index (κ1) is 8.64. The van der Waals surface area contributed by atoms with Crippen LogP contribution in [0, 0.1) is 0 Å². The number of hydrogen-bond donors (Lipinski definition) is 0. The quantitative estimate of drug-likeness (QED) is 0.424. The molecule has 1 aliphatic heterocycles. The van der Waals surface area contributed by atoms with Gasteiger partial charge in [0.1, 0.15) is 0 Å². The van der Waals surface area contributed by atoms with Gasteiger partial charge in [-0.2, -0.15) is 0 Å². The number of piperazine rings is 1. The Morgan fingerprint density at radius 1 is 0.833 bits per heavy atom. The summed E-state index contributed by atoms with van der Waals surface area (Å²) in [7, 11) is 4.58. The van der Waals surface area contributed by atoms with Crippen LogP contribution in [0.1, 0.15) is 25.7 Å². The van der Waals surface area contributed by atoms with Crippen LogP contribution in [0.2, 0.25) is 0 Å². The summed E-state index contributed by atoms with van der Waals surface area (Å²) in [6, 6.07) is 1.72. The van der Waals surface area contributed by atoms with Gasteiger partial charge in [-0.05, 0) is 25.9 Å². The van der Waals surface area contributed by atoms with E-state index in [4.69, 9.17) is 0 Å². The van der Waals surface area contributed by atoms with Gasteiger partial charge in [-0.1, -0.05) is 12.8 Å². The highest BCUT2D eigenvalue weighted by molar-refractivity contribution is 6.06. The molecule has 0 N–H and O–H groups in total. The first-order valence-electron chi connectivity index (χ1n) is 5.19. The highest BCUT2D eigenvalue weighted by Crippen LogP contribution is 2.27. The molecule has 4 heteroatoms. The SMILES string of the molecule is BN1CCN(B)C2CCCCC21. The van der Waals surface area contributed by atoms with Gasteiger partial charge in [-0.15, -0.1) is 0 Å². The Labute approximate surface area is 77.2 Å². The lowest BCUT2D eigenvalue weighted by Crippen LogP contribution is -2.58. The lowest BCUT2D eigenvalue weighted by Gasteiger charge is -2.48. The van der Waals surface area contributed by atoms with Crippen LogP contribution in [-0.4, -0.2) is 50.8 Å². The molecule has 12 heavy (non-hydrogen) atoms. The zero-order chi connectivity index (χ0) is 8.55. The van der Waals surface area contributed by atoms with Crippen molar-refractivity contribution in [3.8, 4) is 0 Å². The van der Waals surface area contributed by atoms with Crippen LogP contribution in [-0.2, 0) is 0 Å². The van der Waals surface area contributed by atoms with Gasteiger partial charge in [0, 0.05) is 12.1 Å². The minimum atomic E-state index is 0.859. The maximum absolute atomic E-state index is 2.56. The molecular weight excluding hydrogens is 146 g/mol. The number of hydrogen-bond acceptors (Lipinski definition) is 2. The fraction of sp³-hybridized carbons (Fsp3) is 1.00. The second-order valence-electron chi connectivity index (χ2n) is 4.38. The van der Waals surface area contributed by atoms with Crippen molar-refractivity contribution in [3.05, 3.63) is 0 Å². The average molecular weight is 164 g/mol. The van der Waals surface area contributed by atoms with E-state index in [-0.39, 0.29) is 0 Å². The van der Waals surface area contributed by atoms with E-state index in [1.807, 2.05) is 0 Å². The molecule has 1 saturated carbocycles. The average Bonchev–Trinajstić information content (AvgIpc) is 2.12. The molecule has 0 radical (unpaired) electrons. The van der Waals surface area contributed by atoms with E-state index in [0.717, 1.165) is 12.1 Å². The Hall–Kier alpha value is 0.0499. The molecule has 2 fully saturated rings. The fourth-order valence-electron chi connectivity index (χ4n) is 2.77. The Balaban J connectivity index is 2.05. The maximum atomic E-state index is 2.56. The van der Waals surface area contributed by atoms with Crippen LogP contribution >= 0.6 is 0 Å². The van der Waals surface area contributed by atoms with Crippen LogP contribution in [0.3, 0.4) is 0 Å². The van der Waals surface area contributed by atoms with E-state index in [1.54, 1.807) is 0 Å². The minimum absolute atomic E-state index is 0.859. The van der Waals surface area contributed by atoms with Gasteiger partial charge in [0.2, 0.25) is 0 Å². The van der Waals surface area contributed by atoms with Crippen molar-refractivity contribution in [1.82, 2.24) is 9.62 Å². The normalized spacial score (nSPS) is 39.3. The van der Waals surface area contributed by atoms with E-state index >= 15 is 0 Å². The molecule has 0 bridgehead atoms. The smallest absolute Gasteiger partial charge is 0.185 e. The summed E-state index contributed by atoms with van der Waals surface area (Å²) in [4.78, 5) is 5.12. The maximum Gasteiger partial charge on any atom is 0.185 e. The second kappa shape index (κ2) is 3.43. The summed E-state index contributed by atoms with van der Waals surface area (Å²) in [5.74, 6) is 0. The standard InChI is InChI=1S/C8H18B2N2/c9-11-5-6-12(10)8-4-2-1-3-7(8)11/h7-8H,1-6,9-10H2. The van der Waals surface area contributed by atoms with Crippen LogP contribution in [0.4, 0.5) is 0 Å². The van der Waals surface area contributed by atoms with Gasteiger partial charge in [-0.3, -0.25) is 0 Å². The summed E-state index contributed by atoms with van der Waals surface area (Å²) in [6.07, 6.45) is 5.73. The van der Waals surface area contributed by atoms with Crippen LogP contribution in [0.25, 0.3) is 0 Å². The minimum Gasteiger partial charge on any atom is -0.344 e. The summed E-state index contributed by atoms with van der Waals surface area (Å²) in [5, 5.41) is 0. The second-order valence-corrected chi connectivity index (χ2v) is 4.38. The first-order chi connectivity index (χ1) is 5.79. The third-order valence-corrected chi connectivity index (χ3v) is 3.63. The predicted molar refractivity (Wildman–Crippen MR) is 56.5 cm³/mol. The van der Waals surface area contributed by atoms with Crippen molar-refractivity contribution in [2.45, 2.75) is 37.8 Å². The molecule has 1 heterocycles. The summed E-state index contributed by atoms with van der Waals surface area (Å²) in [6.45, 7) is 2.52. The van der Waals surface area contributed by atoms with Gasteiger partial charge < -0.3 is 9.62 Å². The van der Waals surface area contributed by atoms with E-state index in [1.165, 1.54) is 38.8 Å². The largest absolute Gasteiger partial charge is 0.344 e. The Bertz CT molecular complexity index is 147. The van der Waals surface area contributed by atoms with Crippen LogP contribution in [0.15, 0.2) is 0 Å². The molecule has 2 atom stereocenters. The lowest BCUT2D eigenvalue weighted by atomic mass is 9.83. The van der Waals surface area contributed by atoms with Crippen LogP contribution < -0.4 is 0 Å². The molecule has 1 saturated heterocycles. The van der Waals surface area contributed by atoms with Gasteiger partial charge in [0.25, 0.3) is 0 Å². The monoisotopic (exact) mass is 164 g/mol. The van der Waals surface area contributed by atoms with Crippen molar-refractivity contribution in [1.29, 1.82) is 0 Å². The highest BCUT2D eigenvalue weighted by atomic mass is 15.2. The molecule has 2 nitrogen and oxygen atoms in total. The highest BCUT2D eigenvalue weighted by Gasteiger charge is 2.33. The molecule has 0 aromatic heterocycles. The summed E-state index contributed by atoms with van der Waals surface area (Å²) in [5.41, 5.74) is 0. The van der Waals surface area contributed by atoms with Gasteiger partial charge in [0.05, 0.1) is 0 Å². The molecule has 0 aromatic rings.